The first kappa shape index (κ1) is 10.9. The topological polar surface area (TPSA) is 20.3 Å². The average molecular weight is 231 g/mol. The highest BCUT2D eigenvalue weighted by atomic mass is 32.1. The first-order valence-electron chi connectivity index (χ1n) is 5.07. The van der Waals surface area contributed by atoms with E-state index in [9.17, 15) is 4.79 Å². The van der Waals surface area contributed by atoms with Crippen LogP contribution < -0.4 is 4.90 Å². The van der Waals surface area contributed by atoms with Gasteiger partial charge in [0.2, 0.25) is 0 Å². The number of hydrogen-bond acceptors (Lipinski definition) is 2. The molecule has 0 fully saturated rings. The molecule has 16 heavy (non-hydrogen) atoms. The number of aryl methyl sites for hydroxylation is 1. The molecule has 0 aliphatic carbocycles. The largest absolute Gasteiger partial charge is 0.311 e. The fraction of sp³-hybridized carbons (Fsp3) is 0.154. The quantitative estimate of drug-likeness (QED) is 0.776. The van der Waals surface area contributed by atoms with Gasteiger partial charge in [-0.2, -0.15) is 0 Å². The number of benzene rings is 1. The van der Waals surface area contributed by atoms with Gasteiger partial charge >= 0.3 is 0 Å². The lowest BCUT2D eigenvalue weighted by Gasteiger charge is -2.16. The number of anilines is 1. The van der Waals surface area contributed by atoms with Crippen LogP contribution in [0.4, 0.5) is 5.69 Å². The minimum Gasteiger partial charge on any atom is -0.311 e. The molecular weight excluding hydrogens is 218 g/mol. The van der Waals surface area contributed by atoms with Crippen molar-refractivity contribution >= 4 is 22.9 Å². The van der Waals surface area contributed by atoms with Gasteiger partial charge in [-0.1, -0.05) is 18.2 Å². The Morgan fingerprint density at radius 2 is 2.06 bits per heavy atom. The van der Waals surface area contributed by atoms with Crippen LogP contribution in [0, 0.1) is 6.92 Å². The average Bonchev–Trinajstić information content (AvgIpc) is 2.80. The molecule has 0 radical (unpaired) electrons. The van der Waals surface area contributed by atoms with Crippen molar-refractivity contribution in [3.05, 3.63) is 52.2 Å². The third-order valence-corrected chi connectivity index (χ3v) is 3.28. The van der Waals surface area contributed by atoms with Crippen molar-refractivity contribution in [2.24, 2.45) is 0 Å². The van der Waals surface area contributed by atoms with Gasteiger partial charge < -0.3 is 4.90 Å². The molecule has 0 aliphatic rings. The Morgan fingerprint density at radius 1 is 1.25 bits per heavy atom. The summed E-state index contributed by atoms with van der Waals surface area (Å²) in [5, 5.41) is 1.91. The fourth-order valence-corrected chi connectivity index (χ4v) is 2.22. The number of carbonyl (C=O) groups is 1. The molecule has 1 heterocycles. The Labute approximate surface area is 99.1 Å². The highest BCUT2D eigenvalue weighted by molar-refractivity contribution is 7.12. The molecule has 82 valence electrons. The van der Waals surface area contributed by atoms with Crippen LogP contribution in [0.2, 0.25) is 0 Å². The third-order valence-electron chi connectivity index (χ3n) is 2.43. The van der Waals surface area contributed by atoms with Crippen molar-refractivity contribution < 1.29 is 4.79 Å². The molecule has 2 nitrogen and oxygen atoms in total. The molecule has 1 aromatic heterocycles. The SMILES string of the molecule is Cc1cccc(N(C)C(=O)c2cccs2)c1. The van der Waals surface area contributed by atoms with Gasteiger partial charge in [-0.15, -0.1) is 11.3 Å². The van der Waals surface area contributed by atoms with Gasteiger partial charge in [0.05, 0.1) is 4.88 Å². The van der Waals surface area contributed by atoms with Crippen LogP contribution in [0.15, 0.2) is 41.8 Å². The second-order valence-electron chi connectivity index (χ2n) is 3.68. The van der Waals surface area contributed by atoms with Crippen molar-refractivity contribution in [2.45, 2.75) is 6.92 Å². The van der Waals surface area contributed by atoms with E-state index in [-0.39, 0.29) is 5.91 Å². The van der Waals surface area contributed by atoms with Crippen LogP contribution in [-0.2, 0) is 0 Å². The molecule has 0 saturated heterocycles. The van der Waals surface area contributed by atoms with E-state index in [1.807, 2.05) is 48.7 Å². The summed E-state index contributed by atoms with van der Waals surface area (Å²) in [4.78, 5) is 14.5. The molecule has 0 unspecified atom stereocenters. The van der Waals surface area contributed by atoms with E-state index in [2.05, 4.69) is 0 Å². The summed E-state index contributed by atoms with van der Waals surface area (Å²) >= 11 is 1.47. The molecule has 1 aromatic carbocycles. The van der Waals surface area contributed by atoms with Crippen LogP contribution in [0.25, 0.3) is 0 Å². The van der Waals surface area contributed by atoms with Gasteiger partial charge in [-0.25, -0.2) is 0 Å². The minimum absolute atomic E-state index is 0.0422. The number of hydrogen-bond donors (Lipinski definition) is 0. The summed E-state index contributed by atoms with van der Waals surface area (Å²) in [5.41, 5.74) is 2.08. The van der Waals surface area contributed by atoms with E-state index >= 15 is 0 Å². The van der Waals surface area contributed by atoms with Crippen molar-refractivity contribution in [2.75, 3.05) is 11.9 Å². The zero-order valence-electron chi connectivity index (χ0n) is 9.31. The van der Waals surface area contributed by atoms with Crippen molar-refractivity contribution in [3.63, 3.8) is 0 Å². The fourth-order valence-electron chi connectivity index (χ4n) is 1.52. The Morgan fingerprint density at radius 3 is 2.69 bits per heavy atom. The molecule has 0 aliphatic heterocycles. The predicted octanol–water partition coefficient (Wildman–Crippen LogP) is 3.33. The van der Waals surface area contributed by atoms with Crippen molar-refractivity contribution in [1.82, 2.24) is 0 Å². The van der Waals surface area contributed by atoms with Gasteiger partial charge in [0.1, 0.15) is 0 Å². The molecule has 2 rings (SSSR count). The third kappa shape index (κ3) is 2.14. The molecule has 1 amide bonds. The molecule has 2 aromatic rings. The van der Waals surface area contributed by atoms with Crippen molar-refractivity contribution in [1.29, 1.82) is 0 Å². The predicted molar refractivity (Wildman–Crippen MR) is 68.2 cm³/mol. The van der Waals surface area contributed by atoms with Crippen molar-refractivity contribution in [3.8, 4) is 0 Å². The zero-order valence-corrected chi connectivity index (χ0v) is 10.1. The number of amides is 1. The van der Waals surface area contributed by atoms with Crippen LogP contribution in [0.5, 0.6) is 0 Å². The van der Waals surface area contributed by atoms with Crippen LogP contribution in [0.1, 0.15) is 15.2 Å². The lowest BCUT2D eigenvalue weighted by Crippen LogP contribution is -2.25. The summed E-state index contributed by atoms with van der Waals surface area (Å²) in [5.74, 6) is 0.0422. The second-order valence-corrected chi connectivity index (χ2v) is 4.63. The van der Waals surface area contributed by atoms with E-state index in [1.54, 1.807) is 11.9 Å². The lowest BCUT2D eigenvalue weighted by molar-refractivity contribution is 0.0997. The van der Waals surface area contributed by atoms with E-state index in [0.29, 0.717) is 0 Å². The summed E-state index contributed by atoms with van der Waals surface area (Å²) in [7, 11) is 1.80. The number of thiophene rings is 1. The Bertz CT molecular complexity index is 490. The van der Waals surface area contributed by atoms with E-state index in [1.165, 1.54) is 11.3 Å². The van der Waals surface area contributed by atoms with E-state index < -0.39 is 0 Å². The smallest absolute Gasteiger partial charge is 0.268 e. The second kappa shape index (κ2) is 4.49. The molecule has 0 atom stereocenters. The standard InChI is InChI=1S/C13H13NOS/c1-10-5-3-6-11(9-10)14(2)13(15)12-7-4-8-16-12/h3-9H,1-2H3. The molecule has 0 saturated carbocycles. The summed E-state index contributed by atoms with van der Waals surface area (Å²) < 4.78 is 0. The summed E-state index contributed by atoms with van der Waals surface area (Å²) in [6.07, 6.45) is 0. The number of nitrogens with zero attached hydrogens (tertiary/aromatic N) is 1. The maximum absolute atomic E-state index is 12.1. The minimum atomic E-state index is 0.0422. The lowest BCUT2D eigenvalue weighted by atomic mass is 10.2. The van der Waals surface area contributed by atoms with Gasteiger partial charge in [-0.3, -0.25) is 4.79 Å². The molecule has 0 N–H and O–H groups in total. The highest BCUT2D eigenvalue weighted by Gasteiger charge is 2.13. The Hall–Kier alpha value is -1.61. The van der Waals surface area contributed by atoms with Gasteiger partial charge in [0.15, 0.2) is 0 Å². The van der Waals surface area contributed by atoms with E-state index in [0.717, 1.165) is 16.1 Å². The number of carbonyl (C=O) groups excluding carboxylic acids is 1. The molecule has 0 bridgehead atoms. The van der Waals surface area contributed by atoms with Gasteiger partial charge in [0, 0.05) is 12.7 Å². The summed E-state index contributed by atoms with van der Waals surface area (Å²) in [6.45, 7) is 2.02. The Kier molecular flexibility index (Phi) is 3.06. The first-order chi connectivity index (χ1) is 7.68. The monoisotopic (exact) mass is 231 g/mol. The maximum Gasteiger partial charge on any atom is 0.268 e. The normalized spacial score (nSPS) is 10.1. The number of rotatable bonds is 2. The van der Waals surface area contributed by atoms with Gasteiger partial charge in [-0.05, 0) is 36.1 Å². The molecule has 3 heteroatoms. The van der Waals surface area contributed by atoms with Crippen LogP contribution in [-0.4, -0.2) is 13.0 Å². The molecular formula is C13H13NOS. The molecule has 0 spiro atoms. The maximum atomic E-state index is 12.1. The Balaban J connectivity index is 2.26. The first-order valence-corrected chi connectivity index (χ1v) is 5.94. The summed E-state index contributed by atoms with van der Waals surface area (Å²) in [6, 6.07) is 11.7. The van der Waals surface area contributed by atoms with Crippen LogP contribution >= 0.6 is 11.3 Å². The van der Waals surface area contributed by atoms with E-state index in [4.69, 9.17) is 0 Å². The highest BCUT2D eigenvalue weighted by Crippen LogP contribution is 2.18. The van der Waals surface area contributed by atoms with Crippen LogP contribution in [0.3, 0.4) is 0 Å². The zero-order chi connectivity index (χ0) is 11.5. The van der Waals surface area contributed by atoms with Gasteiger partial charge in [0.25, 0.3) is 5.91 Å².